The highest BCUT2D eigenvalue weighted by atomic mass is 35.5. The number of morpholine rings is 2. The monoisotopic (exact) mass is 421 g/mol. The van der Waals surface area contributed by atoms with Gasteiger partial charge in [0.05, 0.1) is 33.0 Å². The molecule has 10 heteroatoms. The van der Waals surface area contributed by atoms with Gasteiger partial charge in [-0.1, -0.05) is 0 Å². The first-order valence-electron chi connectivity index (χ1n) is 10.5. The quantitative estimate of drug-likeness (QED) is 0.673. The average molecular weight is 422 g/mol. The van der Waals surface area contributed by atoms with Gasteiger partial charge in [0.15, 0.2) is 17.0 Å². The lowest BCUT2D eigenvalue weighted by atomic mass is 10.1. The van der Waals surface area contributed by atoms with Crippen molar-refractivity contribution in [2.75, 3.05) is 70.6 Å². The lowest BCUT2D eigenvalue weighted by Crippen LogP contribution is -2.57. The molecular weight excluding hydrogens is 394 g/mol. The van der Waals surface area contributed by atoms with E-state index in [1.54, 1.807) is 0 Å². The van der Waals surface area contributed by atoms with Crippen LogP contribution in [0.25, 0.3) is 11.2 Å². The van der Waals surface area contributed by atoms with Gasteiger partial charge in [-0.05, 0) is 18.5 Å². The van der Waals surface area contributed by atoms with Crippen molar-refractivity contribution in [1.82, 2.24) is 29.3 Å². The second kappa shape index (κ2) is 8.31. The number of aromatic nitrogens is 4. The predicted octanol–water partition coefficient (Wildman–Crippen LogP) is 0.853. The smallest absolute Gasteiger partial charge is 0.226 e. The van der Waals surface area contributed by atoms with Crippen LogP contribution < -0.4 is 4.90 Å². The van der Waals surface area contributed by atoms with Crippen molar-refractivity contribution in [3.63, 3.8) is 0 Å². The SMILES string of the molecule is CCn1c(CN2CCN3CCOCC3C2)nc2c(N3CCOCC3)nc(Cl)nc21. The summed E-state index contributed by atoms with van der Waals surface area (Å²) < 4.78 is 13.4. The third-order valence-electron chi connectivity index (χ3n) is 6.14. The molecular formula is C19H28ClN7O2. The fraction of sp³-hybridized carbons (Fsp3) is 0.737. The highest BCUT2D eigenvalue weighted by molar-refractivity contribution is 6.28. The van der Waals surface area contributed by atoms with Crippen molar-refractivity contribution in [1.29, 1.82) is 0 Å². The van der Waals surface area contributed by atoms with Crippen molar-refractivity contribution >= 4 is 28.6 Å². The number of halogens is 1. The van der Waals surface area contributed by atoms with Crippen LogP contribution in [0.5, 0.6) is 0 Å². The standard InChI is InChI=1S/C19H28ClN7O2/c1-2-27-15(12-24-3-4-25-5-10-29-13-14(25)11-24)21-16-17(22-19(20)23-18(16)27)26-6-8-28-9-7-26/h14H,2-13H2,1H3. The van der Waals surface area contributed by atoms with E-state index >= 15 is 0 Å². The zero-order chi connectivity index (χ0) is 19.8. The van der Waals surface area contributed by atoms with Crippen LogP contribution in [-0.4, -0.2) is 101 Å². The average Bonchev–Trinajstić information content (AvgIpc) is 3.10. The van der Waals surface area contributed by atoms with Crippen LogP contribution in [0.4, 0.5) is 5.82 Å². The summed E-state index contributed by atoms with van der Waals surface area (Å²) in [5.74, 6) is 1.85. The van der Waals surface area contributed by atoms with Gasteiger partial charge in [0.1, 0.15) is 5.82 Å². The maximum absolute atomic E-state index is 6.30. The molecule has 0 aromatic carbocycles. The molecule has 0 amide bonds. The largest absolute Gasteiger partial charge is 0.378 e. The van der Waals surface area contributed by atoms with Crippen LogP contribution in [0.3, 0.4) is 0 Å². The Hall–Kier alpha value is -1.52. The minimum absolute atomic E-state index is 0.271. The molecule has 1 atom stereocenters. The normalized spacial score (nSPS) is 24.2. The van der Waals surface area contributed by atoms with Gasteiger partial charge in [0.2, 0.25) is 5.28 Å². The maximum Gasteiger partial charge on any atom is 0.226 e. The molecule has 0 radical (unpaired) electrons. The fourth-order valence-corrected chi connectivity index (χ4v) is 4.77. The summed E-state index contributed by atoms with van der Waals surface area (Å²) in [4.78, 5) is 21.3. The van der Waals surface area contributed by atoms with Crippen molar-refractivity contribution in [2.45, 2.75) is 26.1 Å². The first-order valence-corrected chi connectivity index (χ1v) is 10.9. The molecule has 0 saturated carbocycles. The Labute approximate surface area is 175 Å². The number of piperazine rings is 1. The molecule has 158 valence electrons. The zero-order valence-electron chi connectivity index (χ0n) is 16.9. The molecule has 3 aliphatic rings. The number of hydrogen-bond acceptors (Lipinski definition) is 8. The zero-order valence-corrected chi connectivity index (χ0v) is 17.6. The molecule has 5 rings (SSSR count). The van der Waals surface area contributed by atoms with Crippen LogP contribution in [-0.2, 0) is 22.6 Å². The molecule has 1 unspecified atom stereocenters. The number of hydrogen-bond donors (Lipinski definition) is 0. The Balaban J connectivity index is 1.44. The topological polar surface area (TPSA) is 71.8 Å². The summed E-state index contributed by atoms with van der Waals surface area (Å²) in [7, 11) is 0. The third-order valence-corrected chi connectivity index (χ3v) is 6.31. The summed E-state index contributed by atoms with van der Waals surface area (Å²) in [5, 5.41) is 0.271. The minimum Gasteiger partial charge on any atom is -0.378 e. The molecule has 3 aliphatic heterocycles. The fourth-order valence-electron chi connectivity index (χ4n) is 4.61. The van der Waals surface area contributed by atoms with Gasteiger partial charge < -0.3 is 18.9 Å². The summed E-state index contributed by atoms with van der Waals surface area (Å²) in [6.45, 7) is 12.6. The van der Waals surface area contributed by atoms with E-state index in [9.17, 15) is 0 Å². The molecule has 2 aromatic rings. The molecule has 2 aromatic heterocycles. The van der Waals surface area contributed by atoms with Crippen LogP contribution >= 0.6 is 11.6 Å². The van der Waals surface area contributed by atoms with Crippen molar-refractivity contribution in [2.24, 2.45) is 0 Å². The molecule has 0 N–H and O–H groups in total. The van der Waals surface area contributed by atoms with Gasteiger partial charge in [-0.25, -0.2) is 4.98 Å². The molecule has 29 heavy (non-hydrogen) atoms. The van der Waals surface area contributed by atoms with Crippen LogP contribution in [0.1, 0.15) is 12.7 Å². The van der Waals surface area contributed by atoms with E-state index in [0.29, 0.717) is 19.3 Å². The molecule has 0 aliphatic carbocycles. The number of ether oxygens (including phenoxy) is 2. The second-order valence-electron chi connectivity index (χ2n) is 7.86. The number of aryl methyl sites for hydroxylation is 1. The van der Waals surface area contributed by atoms with Crippen molar-refractivity contribution < 1.29 is 9.47 Å². The van der Waals surface area contributed by atoms with Crippen molar-refractivity contribution in [3.8, 4) is 0 Å². The number of rotatable bonds is 4. The highest BCUT2D eigenvalue weighted by Crippen LogP contribution is 2.27. The Kier molecular flexibility index (Phi) is 5.57. The first kappa shape index (κ1) is 19.4. The number of anilines is 1. The van der Waals surface area contributed by atoms with Gasteiger partial charge in [0, 0.05) is 51.9 Å². The second-order valence-corrected chi connectivity index (χ2v) is 8.20. The van der Waals surface area contributed by atoms with Crippen molar-refractivity contribution in [3.05, 3.63) is 11.1 Å². The summed E-state index contributed by atoms with van der Waals surface area (Å²) in [6, 6.07) is 0.482. The lowest BCUT2D eigenvalue weighted by Gasteiger charge is -2.43. The summed E-state index contributed by atoms with van der Waals surface area (Å²) in [6.07, 6.45) is 0. The molecule has 3 saturated heterocycles. The van der Waals surface area contributed by atoms with Crippen LogP contribution in [0, 0.1) is 0 Å². The van der Waals surface area contributed by atoms with E-state index in [2.05, 4.69) is 36.2 Å². The Morgan fingerprint density at radius 1 is 1.00 bits per heavy atom. The lowest BCUT2D eigenvalue weighted by molar-refractivity contribution is -0.0467. The molecule has 3 fully saturated rings. The maximum atomic E-state index is 6.30. The van der Waals surface area contributed by atoms with Crippen LogP contribution in [0.2, 0.25) is 5.28 Å². The highest BCUT2D eigenvalue weighted by Gasteiger charge is 2.30. The van der Waals surface area contributed by atoms with E-state index in [1.807, 2.05) is 0 Å². The van der Waals surface area contributed by atoms with Gasteiger partial charge in [-0.2, -0.15) is 9.97 Å². The van der Waals surface area contributed by atoms with E-state index < -0.39 is 0 Å². The predicted molar refractivity (Wildman–Crippen MR) is 110 cm³/mol. The van der Waals surface area contributed by atoms with Gasteiger partial charge in [-0.15, -0.1) is 0 Å². The summed E-state index contributed by atoms with van der Waals surface area (Å²) in [5.41, 5.74) is 1.66. The van der Waals surface area contributed by atoms with Crippen LogP contribution in [0.15, 0.2) is 0 Å². The molecule has 5 heterocycles. The van der Waals surface area contributed by atoms with E-state index in [4.69, 9.17) is 26.1 Å². The summed E-state index contributed by atoms with van der Waals surface area (Å²) >= 11 is 6.30. The molecule has 0 spiro atoms. The number of fused-ring (bicyclic) bond motifs is 2. The molecule has 9 nitrogen and oxygen atoms in total. The van der Waals surface area contributed by atoms with E-state index in [0.717, 1.165) is 88.4 Å². The first-order chi connectivity index (χ1) is 14.2. The Bertz CT molecular complexity index is 870. The third kappa shape index (κ3) is 3.82. The number of imidazole rings is 1. The van der Waals surface area contributed by atoms with E-state index in [1.165, 1.54) is 0 Å². The molecule has 0 bridgehead atoms. The Morgan fingerprint density at radius 3 is 2.66 bits per heavy atom. The van der Waals surface area contributed by atoms with E-state index in [-0.39, 0.29) is 5.28 Å². The van der Waals surface area contributed by atoms with Gasteiger partial charge in [0.25, 0.3) is 0 Å². The number of nitrogens with zero attached hydrogens (tertiary/aromatic N) is 7. The van der Waals surface area contributed by atoms with Gasteiger partial charge in [-0.3, -0.25) is 9.80 Å². The van der Waals surface area contributed by atoms with Gasteiger partial charge >= 0.3 is 0 Å². The minimum atomic E-state index is 0.271. The Morgan fingerprint density at radius 2 is 1.83 bits per heavy atom.